The summed E-state index contributed by atoms with van der Waals surface area (Å²) in [6.07, 6.45) is 0. The Morgan fingerprint density at radius 3 is 2.65 bits per heavy atom. The normalized spacial score (nSPS) is 18.1. The summed E-state index contributed by atoms with van der Waals surface area (Å²) >= 11 is 5.44. The van der Waals surface area contributed by atoms with Gasteiger partial charge in [-0.05, 0) is 40.5 Å². The number of thiophene rings is 1. The van der Waals surface area contributed by atoms with Crippen molar-refractivity contribution in [3.8, 4) is 0 Å². The third kappa shape index (κ3) is 3.14. The zero-order valence-corrected chi connectivity index (χ0v) is 14.0. The van der Waals surface area contributed by atoms with E-state index in [1.807, 2.05) is 11.3 Å². The molecule has 1 aliphatic heterocycles. The van der Waals surface area contributed by atoms with Crippen molar-refractivity contribution in [1.29, 1.82) is 0 Å². The highest BCUT2D eigenvalue weighted by Gasteiger charge is 2.25. The van der Waals surface area contributed by atoms with Crippen molar-refractivity contribution in [2.45, 2.75) is 13.0 Å². The van der Waals surface area contributed by atoms with Crippen LogP contribution in [0.5, 0.6) is 0 Å². The number of nitrogens with one attached hydrogen (secondary N) is 1. The van der Waals surface area contributed by atoms with Crippen LogP contribution in [-0.2, 0) is 0 Å². The van der Waals surface area contributed by atoms with E-state index in [1.165, 1.54) is 19.8 Å². The van der Waals surface area contributed by atoms with Crippen molar-refractivity contribution in [2.24, 2.45) is 0 Å². The van der Waals surface area contributed by atoms with E-state index >= 15 is 0 Å². The van der Waals surface area contributed by atoms with Crippen molar-refractivity contribution >= 4 is 27.3 Å². The molecule has 1 saturated heterocycles. The van der Waals surface area contributed by atoms with Crippen molar-refractivity contribution in [2.75, 3.05) is 26.2 Å². The van der Waals surface area contributed by atoms with Gasteiger partial charge in [0.05, 0.1) is 9.83 Å². The van der Waals surface area contributed by atoms with Crippen LogP contribution in [0.1, 0.15) is 22.0 Å². The Bertz CT molecular complexity index is 575. The Morgan fingerprint density at radius 2 is 2.00 bits per heavy atom. The van der Waals surface area contributed by atoms with Crippen LogP contribution in [0.25, 0.3) is 0 Å². The quantitative estimate of drug-likeness (QED) is 0.905. The average molecular weight is 351 g/mol. The van der Waals surface area contributed by atoms with Crippen LogP contribution in [0.2, 0.25) is 0 Å². The molecule has 0 aliphatic carbocycles. The number of nitrogens with zero attached hydrogens (tertiary/aromatic N) is 1. The highest BCUT2D eigenvalue weighted by atomic mass is 79.9. The molecular weight excluding hydrogens is 332 g/mol. The molecular formula is C16H19BrN2S. The molecule has 3 rings (SSSR count). The van der Waals surface area contributed by atoms with Crippen LogP contribution in [-0.4, -0.2) is 31.1 Å². The molecule has 2 heterocycles. The summed E-state index contributed by atoms with van der Waals surface area (Å²) in [5.41, 5.74) is 2.74. The molecule has 1 aliphatic rings. The van der Waals surface area contributed by atoms with Crippen LogP contribution in [0.3, 0.4) is 0 Å². The number of hydrogen-bond acceptors (Lipinski definition) is 3. The minimum Gasteiger partial charge on any atom is -0.314 e. The second-order valence-electron chi connectivity index (χ2n) is 5.24. The Morgan fingerprint density at radius 1 is 1.20 bits per heavy atom. The van der Waals surface area contributed by atoms with Crippen molar-refractivity contribution in [3.05, 3.63) is 56.2 Å². The van der Waals surface area contributed by atoms with Gasteiger partial charge in [-0.1, -0.05) is 29.8 Å². The Balaban J connectivity index is 1.98. The lowest BCUT2D eigenvalue weighted by atomic mass is 10.0. The third-order valence-electron chi connectivity index (χ3n) is 3.74. The second-order valence-corrected chi connectivity index (χ2v) is 7.74. The fourth-order valence-corrected chi connectivity index (χ4v) is 4.40. The summed E-state index contributed by atoms with van der Waals surface area (Å²) in [5.74, 6) is 0. The molecule has 1 aromatic carbocycles. The maximum Gasteiger partial charge on any atom is 0.0702 e. The van der Waals surface area contributed by atoms with Crippen LogP contribution in [0.15, 0.2) is 40.2 Å². The van der Waals surface area contributed by atoms with Crippen molar-refractivity contribution < 1.29 is 0 Å². The molecule has 1 unspecified atom stereocenters. The average Bonchev–Trinajstić information content (AvgIpc) is 2.87. The molecule has 0 saturated carbocycles. The van der Waals surface area contributed by atoms with E-state index in [9.17, 15) is 0 Å². The first-order valence-corrected chi connectivity index (χ1v) is 8.61. The van der Waals surface area contributed by atoms with Gasteiger partial charge in [0, 0.05) is 31.1 Å². The van der Waals surface area contributed by atoms with E-state index < -0.39 is 0 Å². The smallest absolute Gasteiger partial charge is 0.0702 e. The Kier molecular flexibility index (Phi) is 4.56. The molecule has 2 aromatic rings. The molecule has 0 bridgehead atoms. The van der Waals surface area contributed by atoms with Crippen molar-refractivity contribution in [3.63, 3.8) is 0 Å². The summed E-state index contributed by atoms with van der Waals surface area (Å²) in [5, 5.41) is 3.44. The number of rotatable bonds is 3. The molecule has 2 nitrogen and oxygen atoms in total. The maximum atomic E-state index is 3.60. The maximum absolute atomic E-state index is 3.60. The van der Waals surface area contributed by atoms with E-state index in [-0.39, 0.29) is 0 Å². The Hall–Kier alpha value is -0.680. The number of hydrogen-bond donors (Lipinski definition) is 1. The lowest BCUT2D eigenvalue weighted by molar-refractivity contribution is 0.200. The fourth-order valence-electron chi connectivity index (χ4n) is 2.81. The lowest BCUT2D eigenvalue weighted by Crippen LogP contribution is -2.45. The van der Waals surface area contributed by atoms with E-state index in [1.54, 1.807) is 0 Å². The lowest BCUT2D eigenvalue weighted by Gasteiger charge is -2.35. The minimum atomic E-state index is 0.383. The Labute approximate surface area is 132 Å². The molecule has 1 aromatic heterocycles. The summed E-state index contributed by atoms with van der Waals surface area (Å²) < 4.78 is 1.21. The number of halogens is 1. The number of piperazine rings is 1. The summed E-state index contributed by atoms with van der Waals surface area (Å²) in [7, 11) is 0. The molecule has 0 spiro atoms. The predicted octanol–water partition coefficient (Wildman–Crippen LogP) is 3.81. The molecule has 4 heteroatoms. The zero-order chi connectivity index (χ0) is 13.9. The van der Waals surface area contributed by atoms with Gasteiger partial charge >= 0.3 is 0 Å². The molecule has 1 N–H and O–H groups in total. The largest absolute Gasteiger partial charge is 0.314 e. The van der Waals surface area contributed by atoms with Gasteiger partial charge < -0.3 is 5.32 Å². The molecule has 0 radical (unpaired) electrons. The fraction of sp³-hybridized carbons (Fsp3) is 0.375. The van der Waals surface area contributed by atoms with E-state index in [0.717, 1.165) is 26.2 Å². The summed E-state index contributed by atoms with van der Waals surface area (Å²) in [4.78, 5) is 4.01. The number of benzene rings is 1. The van der Waals surface area contributed by atoms with Gasteiger partial charge in [-0.15, -0.1) is 11.3 Å². The summed E-state index contributed by atoms with van der Waals surface area (Å²) in [6, 6.07) is 13.7. The first kappa shape index (κ1) is 14.3. The van der Waals surface area contributed by atoms with Gasteiger partial charge in [0.1, 0.15) is 0 Å². The highest BCUT2D eigenvalue weighted by Crippen LogP contribution is 2.35. The van der Waals surface area contributed by atoms with Gasteiger partial charge in [-0.3, -0.25) is 4.90 Å². The third-order valence-corrected chi connectivity index (χ3v) is 5.41. The van der Waals surface area contributed by atoms with Crippen LogP contribution in [0.4, 0.5) is 0 Å². The van der Waals surface area contributed by atoms with Gasteiger partial charge in [-0.2, -0.15) is 0 Å². The monoisotopic (exact) mass is 350 g/mol. The van der Waals surface area contributed by atoms with Crippen molar-refractivity contribution in [1.82, 2.24) is 10.2 Å². The standard InChI is InChI=1S/C16H19BrN2S/c1-12-3-2-4-13(11-12)16(14-5-6-15(17)20-14)19-9-7-18-8-10-19/h2-6,11,16,18H,7-10H2,1H3. The SMILES string of the molecule is Cc1cccc(C(c2ccc(Br)s2)N2CCNCC2)c1. The highest BCUT2D eigenvalue weighted by molar-refractivity contribution is 9.11. The van der Waals surface area contributed by atoms with Crippen LogP contribution in [0, 0.1) is 6.92 Å². The van der Waals surface area contributed by atoms with Gasteiger partial charge in [0.25, 0.3) is 0 Å². The summed E-state index contributed by atoms with van der Waals surface area (Å²) in [6.45, 7) is 6.54. The van der Waals surface area contributed by atoms with E-state index in [0.29, 0.717) is 6.04 Å². The van der Waals surface area contributed by atoms with Crippen LogP contribution >= 0.6 is 27.3 Å². The van der Waals surface area contributed by atoms with E-state index in [4.69, 9.17) is 0 Å². The molecule has 20 heavy (non-hydrogen) atoms. The van der Waals surface area contributed by atoms with Gasteiger partial charge in [0.15, 0.2) is 0 Å². The molecule has 1 atom stereocenters. The first-order chi connectivity index (χ1) is 9.74. The first-order valence-electron chi connectivity index (χ1n) is 7.00. The minimum absolute atomic E-state index is 0.383. The zero-order valence-electron chi connectivity index (χ0n) is 11.6. The van der Waals surface area contributed by atoms with Crippen LogP contribution < -0.4 is 5.32 Å². The molecule has 0 amide bonds. The molecule has 106 valence electrons. The predicted molar refractivity (Wildman–Crippen MR) is 89.5 cm³/mol. The van der Waals surface area contributed by atoms with E-state index in [2.05, 4.69) is 69.5 Å². The number of aryl methyl sites for hydroxylation is 1. The van der Waals surface area contributed by atoms with Gasteiger partial charge in [-0.25, -0.2) is 0 Å². The molecule has 1 fully saturated rings. The second kappa shape index (κ2) is 6.39. The topological polar surface area (TPSA) is 15.3 Å². The van der Waals surface area contributed by atoms with Gasteiger partial charge in [0.2, 0.25) is 0 Å².